The van der Waals surface area contributed by atoms with E-state index >= 15 is 0 Å². The van der Waals surface area contributed by atoms with Crippen LogP contribution in [0.4, 0.5) is 0 Å². The van der Waals surface area contributed by atoms with E-state index in [0.717, 1.165) is 12.0 Å². The molecule has 0 aromatic heterocycles. The highest BCUT2D eigenvalue weighted by atomic mass is 16.5. The van der Waals surface area contributed by atoms with Gasteiger partial charge < -0.3 is 4.74 Å². The second-order valence-corrected chi connectivity index (χ2v) is 2.39. The van der Waals surface area contributed by atoms with Crippen LogP contribution in [0.15, 0.2) is 35.6 Å². The normalized spacial score (nSPS) is 13.6. The molecule has 0 saturated carbocycles. The van der Waals surface area contributed by atoms with Gasteiger partial charge in [-0.1, -0.05) is 18.2 Å². The van der Waals surface area contributed by atoms with Crippen molar-refractivity contribution in [2.24, 2.45) is 0 Å². The van der Waals surface area contributed by atoms with Gasteiger partial charge in [0.1, 0.15) is 6.29 Å². The van der Waals surface area contributed by atoms with E-state index in [0.29, 0.717) is 5.57 Å². The summed E-state index contributed by atoms with van der Waals surface area (Å²) in [5.74, 6) is 0.836. The molecule has 66 valence electrons. The van der Waals surface area contributed by atoms with E-state index in [4.69, 9.17) is 4.74 Å². The third-order valence-electron chi connectivity index (χ3n) is 1.31. The van der Waals surface area contributed by atoms with Crippen LogP contribution in [-0.4, -0.2) is 13.4 Å². The fourth-order valence-corrected chi connectivity index (χ4v) is 0.506. The Morgan fingerprint density at radius 1 is 1.17 bits per heavy atom. The lowest BCUT2D eigenvalue weighted by Crippen LogP contribution is -1.76. The summed E-state index contributed by atoms with van der Waals surface area (Å²) in [6.45, 7) is 3.62. The number of hydrogen-bond acceptors (Lipinski definition) is 2. The number of aldehydes is 1. The first-order valence-electron chi connectivity index (χ1n) is 3.71. The maximum atomic E-state index is 10.1. The number of ether oxygens (including phenoxy) is 1. The summed E-state index contributed by atoms with van der Waals surface area (Å²) in [4.78, 5) is 10.1. The monoisotopic (exact) mass is 166 g/mol. The molecule has 0 bridgehead atoms. The van der Waals surface area contributed by atoms with Crippen molar-refractivity contribution in [3.8, 4) is 0 Å². The van der Waals surface area contributed by atoms with Crippen molar-refractivity contribution in [1.29, 1.82) is 0 Å². The van der Waals surface area contributed by atoms with Gasteiger partial charge in [0, 0.05) is 0 Å². The largest absolute Gasteiger partial charge is 0.501 e. The second-order valence-electron chi connectivity index (χ2n) is 2.39. The van der Waals surface area contributed by atoms with E-state index in [1.54, 1.807) is 26.2 Å². The first-order chi connectivity index (χ1) is 5.70. The Kier molecular flexibility index (Phi) is 5.70. The second kappa shape index (κ2) is 6.40. The lowest BCUT2D eigenvalue weighted by Gasteiger charge is -1.93. The average molecular weight is 166 g/mol. The average Bonchev–Trinajstić information content (AvgIpc) is 2.11. The van der Waals surface area contributed by atoms with Crippen molar-refractivity contribution >= 4 is 6.29 Å². The van der Waals surface area contributed by atoms with Gasteiger partial charge in [-0.15, -0.1) is 0 Å². The summed E-state index contributed by atoms with van der Waals surface area (Å²) in [5.41, 5.74) is 0.703. The molecule has 0 heterocycles. The molecule has 0 aliphatic rings. The lowest BCUT2D eigenvalue weighted by molar-refractivity contribution is -0.104. The van der Waals surface area contributed by atoms with Gasteiger partial charge in [0.25, 0.3) is 0 Å². The standard InChI is InChI=1S/C10H14O2/c1-9(8-11)6-4-5-7-10(2)12-3/h4-8H,1-3H3/b5-4+,9-6-,10-7+. The molecule has 0 atom stereocenters. The van der Waals surface area contributed by atoms with Crippen molar-refractivity contribution in [2.75, 3.05) is 7.11 Å². The Hall–Kier alpha value is -1.31. The third kappa shape index (κ3) is 5.47. The number of rotatable bonds is 4. The van der Waals surface area contributed by atoms with Crippen molar-refractivity contribution in [3.63, 3.8) is 0 Å². The van der Waals surface area contributed by atoms with Gasteiger partial charge in [-0.05, 0) is 25.5 Å². The molecule has 0 aliphatic heterocycles. The molecule has 2 heteroatoms. The molecule has 0 aromatic rings. The Bertz CT molecular complexity index is 222. The summed E-state index contributed by atoms with van der Waals surface area (Å²) in [5, 5.41) is 0. The first kappa shape index (κ1) is 10.7. The fourth-order valence-electron chi connectivity index (χ4n) is 0.506. The molecule has 0 unspecified atom stereocenters. The first-order valence-corrected chi connectivity index (χ1v) is 3.71. The third-order valence-corrected chi connectivity index (χ3v) is 1.31. The summed E-state index contributed by atoms with van der Waals surface area (Å²) in [6.07, 6.45) is 8.01. The lowest BCUT2D eigenvalue weighted by atomic mass is 10.3. The number of methoxy groups -OCH3 is 1. The Morgan fingerprint density at radius 3 is 2.25 bits per heavy atom. The van der Waals surface area contributed by atoms with Gasteiger partial charge in [-0.25, -0.2) is 0 Å². The molecule has 0 N–H and O–H groups in total. The molecular weight excluding hydrogens is 152 g/mol. The van der Waals surface area contributed by atoms with Crippen molar-refractivity contribution < 1.29 is 9.53 Å². The van der Waals surface area contributed by atoms with E-state index < -0.39 is 0 Å². The van der Waals surface area contributed by atoms with Crippen LogP contribution in [0, 0.1) is 0 Å². The Morgan fingerprint density at radius 2 is 1.75 bits per heavy atom. The minimum Gasteiger partial charge on any atom is -0.501 e. The molecule has 0 spiro atoms. The Balaban J connectivity index is 4.01. The number of hydrogen-bond donors (Lipinski definition) is 0. The molecule has 0 saturated heterocycles. The SMILES string of the molecule is CO/C(C)=C/C=C/C=C(/C)C=O. The van der Waals surface area contributed by atoms with Crippen molar-refractivity contribution in [2.45, 2.75) is 13.8 Å². The van der Waals surface area contributed by atoms with Gasteiger partial charge in [-0.3, -0.25) is 4.79 Å². The highest BCUT2D eigenvalue weighted by Crippen LogP contribution is 1.93. The van der Waals surface area contributed by atoms with Crippen molar-refractivity contribution in [3.05, 3.63) is 35.6 Å². The number of carbonyl (C=O) groups is 1. The maximum Gasteiger partial charge on any atom is 0.145 e. The van der Waals surface area contributed by atoms with E-state index in [9.17, 15) is 4.79 Å². The molecular formula is C10H14O2. The summed E-state index contributed by atoms with van der Waals surface area (Å²) < 4.78 is 4.90. The predicted octanol–water partition coefficient (Wildman–Crippen LogP) is 2.24. The van der Waals surface area contributed by atoms with Crippen LogP contribution in [0.3, 0.4) is 0 Å². The molecule has 0 aromatic carbocycles. The van der Waals surface area contributed by atoms with E-state index in [-0.39, 0.29) is 0 Å². The maximum absolute atomic E-state index is 10.1. The quantitative estimate of drug-likeness (QED) is 0.277. The summed E-state index contributed by atoms with van der Waals surface area (Å²) >= 11 is 0. The summed E-state index contributed by atoms with van der Waals surface area (Å²) in [6, 6.07) is 0. The van der Waals surface area contributed by atoms with Gasteiger partial charge in [0.15, 0.2) is 0 Å². The summed E-state index contributed by atoms with van der Waals surface area (Å²) in [7, 11) is 1.62. The van der Waals surface area contributed by atoms with Crippen LogP contribution < -0.4 is 0 Å². The zero-order valence-electron chi connectivity index (χ0n) is 7.70. The van der Waals surface area contributed by atoms with Gasteiger partial charge in [-0.2, -0.15) is 0 Å². The molecule has 0 rings (SSSR count). The molecule has 0 radical (unpaired) electrons. The van der Waals surface area contributed by atoms with Gasteiger partial charge in [0.2, 0.25) is 0 Å². The Labute approximate surface area is 73.2 Å². The van der Waals surface area contributed by atoms with E-state index in [1.165, 1.54) is 0 Å². The highest BCUT2D eigenvalue weighted by molar-refractivity contribution is 5.72. The van der Waals surface area contributed by atoms with Gasteiger partial charge in [0.05, 0.1) is 12.9 Å². The van der Waals surface area contributed by atoms with Crippen LogP contribution >= 0.6 is 0 Å². The van der Waals surface area contributed by atoms with Crippen LogP contribution in [0.2, 0.25) is 0 Å². The van der Waals surface area contributed by atoms with E-state index in [2.05, 4.69) is 0 Å². The number of allylic oxidation sites excluding steroid dienone is 6. The molecule has 0 amide bonds. The van der Waals surface area contributed by atoms with Gasteiger partial charge >= 0.3 is 0 Å². The molecule has 2 nitrogen and oxygen atoms in total. The fraction of sp³-hybridized carbons (Fsp3) is 0.300. The van der Waals surface area contributed by atoms with Crippen LogP contribution in [-0.2, 0) is 9.53 Å². The number of carbonyl (C=O) groups excluding carboxylic acids is 1. The highest BCUT2D eigenvalue weighted by Gasteiger charge is 1.79. The van der Waals surface area contributed by atoms with Crippen LogP contribution in [0.1, 0.15) is 13.8 Å². The molecule has 12 heavy (non-hydrogen) atoms. The zero-order chi connectivity index (χ0) is 9.40. The van der Waals surface area contributed by atoms with Crippen LogP contribution in [0.5, 0.6) is 0 Å². The topological polar surface area (TPSA) is 26.3 Å². The van der Waals surface area contributed by atoms with E-state index in [1.807, 2.05) is 19.1 Å². The van der Waals surface area contributed by atoms with Crippen molar-refractivity contribution in [1.82, 2.24) is 0 Å². The molecule has 0 aliphatic carbocycles. The smallest absolute Gasteiger partial charge is 0.145 e. The predicted molar refractivity (Wildman–Crippen MR) is 49.7 cm³/mol. The minimum atomic E-state index is 0.703. The zero-order valence-corrected chi connectivity index (χ0v) is 7.70. The van der Waals surface area contributed by atoms with Crippen LogP contribution in [0.25, 0.3) is 0 Å². The molecule has 0 fully saturated rings. The minimum absolute atomic E-state index is 0.703.